The zero-order chi connectivity index (χ0) is 21.0. The number of methoxy groups -OCH3 is 2. The molecule has 0 aromatic heterocycles. The van der Waals surface area contributed by atoms with Gasteiger partial charge in [0.25, 0.3) is 5.69 Å². The molecule has 1 aliphatic heterocycles. The van der Waals surface area contributed by atoms with Crippen LogP contribution in [0.2, 0.25) is 0 Å². The van der Waals surface area contributed by atoms with Gasteiger partial charge >= 0.3 is 5.97 Å². The van der Waals surface area contributed by atoms with Crippen LogP contribution in [-0.2, 0) is 4.74 Å². The Morgan fingerprint density at radius 2 is 1.69 bits per heavy atom. The number of benzene rings is 2. The molecule has 0 bridgehead atoms. The lowest BCUT2D eigenvalue weighted by Crippen LogP contribution is -2.18. The first-order valence-electron chi connectivity index (χ1n) is 8.45. The van der Waals surface area contributed by atoms with Crippen molar-refractivity contribution in [1.82, 2.24) is 0 Å². The Balaban J connectivity index is 1.76. The van der Waals surface area contributed by atoms with Crippen LogP contribution < -0.4 is 18.9 Å². The first-order valence-corrected chi connectivity index (χ1v) is 8.45. The molecule has 0 N–H and O–H groups in total. The van der Waals surface area contributed by atoms with E-state index in [1.807, 2.05) is 0 Å². The van der Waals surface area contributed by atoms with Crippen molar-refractivity contribution in [2.75, 3.05) is 34.0 Å². The predicted octanol–water partition coefficient (Wildman–Crippen LogP) is 2.42. The number of hydrogen-bond acceptors (Lipinski definition) is 9. The highest BCUT2D eigenvalue weighted by molar-refractivity contribution is 6.01. The molecule has 152 valence electrons. The molecule has 1 heterocycles. The number of hydrogen-bond donors (Lipinski definition) is 0. The maximum atomic E-state index is 12.4. The lowest BCUT2D eigenvalue weighted by atomic mass is 10.1. The molecular weight excluding hydrogens is 386 g/mol. The number of nitrogens with zero attached hydrogens (tertiary/aromatic N) is 1. The molecule has 0 aliphatic carbocycles. The van der Waals surface area contributed by atoms with E-state index < -0.39 is 29.0 Å². The molecule has 2 aromatic carbocycles. The fourth-order valence-corrected chi connectivity index (χ4v) is 2.69. The van der Waals surface area contributed by atoms with Gasteiger partial charge in [0.05, 0.1) is 25.2 Å². The van der Waals surface area contributed by atoms with Crippen molar-refractivity contribution in [1.29, 1.82) is 0 Å². The van der Waals surface area contributed by atoms with Gasteiger partial charge in [-0.05, 0) is 18.2 Å². The van der Waals surface area contributed by atoms with Crippen LogP contribution in [0.15, 0.2) is 30.3 Å². The zero-order valence-corrected chi connectivity index (χ0v) is 15.6. The number of rotatable bonds is 7. The van der Waals surface area contributed by atoms with E-state index in [1.165, 1.54) is 26.4 Å². The zero-order valence-electron chi connectivity index (χ0n) is 15.6. The second-order valence-electron chi connectivity index (χ2n) is 5.84. The minimum atomic E-state index is -1.04. The first kappa shape index (κ1) is 19.9. The number of fused-ring (bicyclic) bond motifs is 1. The van der Waals surface area contributed by atoms with Gasteiger partial charge in [0, 0.05) is 11.6 Å². The Bertz CT molecular complexity index is 970. The van der Waals surface area contributed by atoms with Crippen molar-refractivity contribution in [3.63, 3.8) is 0 Å². The molecule has 10 nitrogen and oxygen atoms in total. The van der Waals surface area contributed by atoms with Crippen molar-refractivity contribution in [3.8, 4) is 23.0 Å². The Morgan fingerprint density at radius 3 is 2.34 bits per heavy atom. The van der Waals surface area contributed by atoms with Crippen LogP contribution in [-0.4, -0.2) is 50.7 Å². The summed E-state index contributed by atoms with van der Waals surface area (Å²) in [5.41, 5.74) is -0.633. The number of nitro groups is 1. The van der Waals surface area contributed by atoms with Gasteiger partial charge in [0.2, 0.25) is 0 Å². The highest BCUT2D eigenvalue weighted by atomic mass is 16.6. The fraction of sp³-hybridized carbons (Fsp3) is 0.263. The molecule has 0 unspecified atom stereocenters. The average Bonchev–Trinajstić information content (AvgIpc) is 2.75. The van der Waals surface area contributed by atoms with E-state index in [-0.39, 0.29) is 22.6 Å². The van der Waals surface area contributed by atoms with Crippen molar-refractivity contribution in [2.45, 2.75) is 0 Å². The molecule has 3 rings (SSSR count). The van der Waals surface area contributed by atoms with E-state index >= 15 is 0 Å². The number of carbonyl (C=O) groups excluding carboxylic acids is 2. The molecule has 0 fully saturated rings. The molecule has 2 aromatic rings. The van der Waals surface area contributed by atoms with E-state index in [1.54, 1.807) is 6.07 Å². The van der Waals surface area contributed by atoms with Gasteiger partial charge in [-0.1, -0.05) is 0 Å². The van der Waals surface area contributed by atoms with Crippen molar-refractivity contribution in [2.24, 2.45) is 0 Å². The van der Waals surface area contributed by atoms with E-state index in [4.69, 9.17) is 23.7 Å². The number of Topliss-reactive ketones (excluding diaryl/α,β-unsaturated/α-hetero) is 1. The van der Waals surface area contributed by atoms with Gasteiger partial charge in [-0.2, -0.15) is 0 Å². The van der Waals surface area contributed by atoms with Crippen molar-refractivity contribution < 1.29 is 38.2 Å². The minimum Gasteiger partial charge on any atom is -0.493 e. The second-order valence-corrected chi connectivity index (χ2v) is 5.84. The largest absolute Gasteiger partial charge is 0.493 e. The topological polar surface area (TPSA) is 123 Å². The normalized spacial score (nSPS) is 12.1. The van der Waals surface area contributed by atoms with Crippen LogP contribution >= 0.6 is 0 Å². The van der Waals surface area contributed by atoms with Crippen LogP contribution in [0.1, 0.15) is 20.7 Å². The van der Waals surface area contributed by atoms with Crippen molar-refractivity contribution in [3.05, 3.63) is 51.6 Å². The Hall–Kier alpha value is -3.82. The summed E-state index contributed by atoms with van der Waals surface area (Å²) < 4.78 is 25.9. The molecule has 10 heteroatoms. The summed E-state index contributed by atoms with van der Waals surface area (Å²) in [5.74, 6) is -0.400. The number of ether oxygens (including phenoxy) is 5. The summed E-state index contributed by atoms with van der Waals surface area (Å²) in [6.07, 6.45) is 0. The predicted molar refractivity (Wildman–Crippen MR) is 98.2 cm³/mol. The third kappa shape index (κ3) is 4.21. The van der Waals surface area contributed by atoms with Gasteiger partial charge in [-0.25, -0.2) is 4.79 Å². The van der Waals surface area contributed by atoms with Gasteiger partial charge in [-0.3, -0.25) is 14.9 Å². The SMILES string of the molecule is COc1cc(C(=O)OCC(=O)c2ccc3c(c2)OCCO3)c([N+](=O)[O-])cc1OC. The molecular formula is C19H17NO9. The van der Waals surface area contributed by atoms with E-state index in [0.29, 0.717) is 24.7 Å². The lowest BCUT2D eigenvalue weighted by molar-refractivity contribution is -0.385. The van der Waals surface area contributed by atoms with Crippen LogP contribution in [0.4, 0.5) is 5.69 Å². The summed E-state index contributed by atoms with van der Waals surface area (Å²) in [7, 11) is 2.63. The van der Waals surface area contributed by atoms with Crippen LogP contribution in [0.5, 0.6) is 23.0 Å². The summed E-state index contributed by atoms with van der Waals surface area (Å²) in [6.45, 7) is 0.175. The molecule has 0 radical (unpaired) electrons. The average molecular weight is 403 g/mol. The van der Waals surface area contributed by atoms with Crippen molar-refractivity contribution >= 4 is 17.4 Å². The molecule has 1 aliphatic rings. The highest BCUT2D eigenvalue weighted by Crippen LogP contribution is 2.35. The summed E-state index contributed by atoms with van der Waals surface area (Å²) in [6, 6.07) is 6.78. The third-order valence-electron chi connectivity index (χ3n) is 4.12. The first-order chi connectivity index (χ1) is 13.9. The molecule has 0 saturated heterocycles. The molecule has 29 heavy (non-hydrogen) atoms. The fourth-order valence-electron chi connectivity index (χ4n) is 2.69. The second kappa shape index (κ2) is 8.46. The molecule has 0 spiro atoms. The van der Waals surface area contributed by atoms with E-state index in [2.05, 4.69) is 0 Å². The quantitative estimate of drug-likeness (QED) is 0.297. The maximum absolute atomic E-state index is 12.4. The summed E-state index contributed by atoms with van der Waals surface area (Å²) >= 11 is 0. The maximum Gasteiger partial charge on any atom is 0.345 e. The van der Waals surface area contributed by atoms with Crippen LogP contribution in [0, 0.1) is 10.1 Å². The van der Waals surface area contributed by atoms with E-state index in [9.17, 15) is 19.7 Å². The standard InChI is InChI=1S/C19H17NO9/c1-25-16-8-12(13(20(23)24)9-17(16)26-2)19(22)29-10-14(21)11-3-4-15-18(7-11)28-6-5-27-15/h3-4,7-9H,5-6,10H2,1-2H3. The Labute approximate surface area is 165 Å². The highest BCUT2D eigenvalue weighted by Gasteiger charge is 2.26. The van der Waals surface area contributed by atoms with E-state index in [0.717, 1.165) is 12.1 Å². The number of esters is 1. The lowest BCUT2D eigenvalue weighted by Gasteiger charge is -2.18. The van der Waals surface area contributed by atoms with Crippen LogP contribution in [0.3, 0.4) is 0 Å². The molecule has 0 saturated carbocycles. The number of ketones is 1. The Kier molecular flexibility index (Phi) is 5.82. The summed E-state index contributed by atoms with van der Waals surface area (Å²) in [4.78, 5) is 35.3. The smallest absolute Gasteiger partial charge is 0.345 e. The van der Waals surface area contributed by atoms with Gasteiger partial charge in [0.15, 0.2) is 35.4 Å². The number of nitro benzene ring substituents is 1. The molecule has 0 amide bonds. The van der Waals surface area contributed by atoms with Gasteiger partial charge in [-0.15, -0.1) is 0 Å². The van der Waals surface area contributed by atoms with Crippen LogP contribution in [0.25, 0.3) is 0 Å². The monoisotopic (exact) mass is 403 g/mol. The Morgan fingerprint density at radius 1 is 1.03 bits per heavy atom. The molecule has 0 atom stereocenters. The third-order valence-corrected chi connectivity index (χ3v) is 4.12. The van der Waals surface area contributed by atoms with Gasteiger partial charge in [0.1, 0.15) is 18.8 Å². The number of carbonyl (C=O) groups is 2. The van der Waals surface area contributed by atoms with Gasteiger partial charge < -0.3 is 23.7 Å². The minimum absolute atomic E-state index is 0.0862. The summed E-state index contributed by atoms with van der Waals surface area (Å²) in [5, 5.41) is 11.3.